The molecule has 0 aliphatic heterocycles. The Balaban J connectivity index is 4.06. The predicted molar refractivity (Wildman–Crippen MR) is 59.7 cm³/mol. The molecule has 1 atom stereocenters. The first-order valence-electron chi connectivity index (χ1n) is 4.61. The fourth-order valence-electron chi connectivity index (χ4n) is 1.06. The molecule has 3 nitrogen and oxygen atoms in total. The number of nitrogens with one attached hydrogen (secondary N) is 1. The van der Waals surface area contributed by atoms with Gasteiger partial charge in [-0.15, -0.1) is 0 Å². The van der Waals surface area contributed by atoms with Crippen LogP contribution in [-0.2, 0) is 10.0 Å². The molecule has 0 aliphatic rings. The first-order chi connectivity index (χ1) is 6.05. The van der Waals surface area contributed by atoms with E-state index in [2.05, 4.69) is 20.7 Å². The lowest BCUT2D eigenvalue weighted by Gasteiger charge is -2.15. The van der Waals surface area contributed by atoms with Crippen molar-refractivity contribution in [3.63, 3.8) is 0 Å². The molecular formula is C8H18BrNO2S. The van der Waals surface area contributed by atoms with Gasteiger partial charge in [-0.05, 0) is 19.3 Å². The van der Waals surface area contributed by atoms with Gasteiger partial charge in [0.2, 0.25) is 10.0 Å². The molecule has 5 heteroatoms. The minimum absolute atomic E-state index is 0.0796. The number of alkyl halides is 1. The molecule has 0 spiro atoms. The molecule has 13 heavy (non-hydrogen) atoms. The third-order valence-electron chi connectivity index (χ3n) is 1.77. The Morgan fingerprint density at radius 3 is 2.38 bits per heavy atom. The fraction of sp³-hybridized carbons (Fsp3) is 1.00. The van der Waals surface area contributed by atoms with Crippen LogP contribution in [0.25, 0.3) is 0 Å². The Kier molecular flexibility index (Phi) is 6.99. The maximum absolute atomic E-state index is 11.3. The van der Waals surface area contributed by atoms with Gasteiger partial charge in [0.25, 0.3) is 0 Å². The lowest BCUT2D eigenvalue weighted by Crippen LogP contribution is -2.36. The third kappa shape index (κ3) is 6.46. The van der Waals surface area contributed by atoms with Crippen LogP contribution in [0, 0.1) is 0 Å². The summed E-state index contributed by atoms with van der Waals surface area (Å²) in [5, 5.41) is 0.833. The van der Waals surface area contributed by atoms with Crippen LogP contribution in [0.15, 0.2) is 0 Å². The van der Waals surface area contributed by atoms with Crippen molar-refractivity contribution in [2.45, 2.75) is 39.2 Å². The maximum atomic E-state index is 11.3. The zero-order valence-electron chi connectivity index (χ0n) is 8.22. The van der Waals surface area contributed by atoms with Crippen LogP contribution in [0.3, 0.4) is 0 Å². The third-order valence-corrected chi connectivity index (χ3v) is 3.87. The van der Waals surface area contributed by atoms with Crippen LogP contribution >= 0.6 is 15.9 Å². The second kappa shape index (κ2) is 6.79. The van der Waals surface area contributed by atoms with Gasteiger partial charge in [-0.25, -0.2) is 13.1 Å². The topological polar surface area (TPSA) is 46.2 Å². The van der Waals surface area contributed by atoms with Gasteiger partial charge in [-0.1, -0.05) is 29.8 Å². The summed E-state index contributed by atoms with van der Waals surface area (Å²) in [4.78, 5) is 0. The number of hydrogen-bond acceptors (Lipinski definition) is 2. The average Bonchev–Trinajstić information content (AvgIpc) is 2.03. The van der Waals surface area contributed by atoms with Gasteiger partial charge in [0.05, 0.1) is 5.75 Å². The highest BCUT2D eigenvalue weighted by atomic mass is 79.9. The van der Waals surface area contributed by atoms with Crippen molar-refractivity contribution in [3.05, 3.63) is 0 Å². The van der Waals surface area contributed by atoms with Crippen molar-refractivity contribution in [1.82, 2.24) is 4.72 Å². The summed E-state index contributed by atoms with van der Waals surface area (Å²) in [7, 11) is -3.04. The molecule has 0 rings (SSSR count). The van der Waals surface area contributed by atoms with Crippen LogP contribution in [0.2, 0.25) is 0 Å². The largest absolute Gasteiger partial charge is 0.212 e. The van der Waals surface area contributed by atoms with Crippen LogP contribution in [0.4, 0.5) is 0 Å². The number of sulfonamides is 1. The summed E-state index contributed by atoms with van der Waals surface area (Å²) in [5.74, 6) is 0.228. The molecule has 1 N–H and O–H groups in total. The SMILES string of the molecule is CCCS(=O)(=O)NC(CC)CCBr. The van der Waals surface area contributed by atoms with Gasteiger partial charge >= 0.3 is 0 Å². The Labute approximate surface area is 89.5 Å². The summed E-state index contributed by atoms with van der Waals surface area (Å²) < 4.78 is 25.4. The summed E-state index contributed by atoms with van der Waals surface area (Å²) in [5.41, 5.74) is 0. The number of rotatable bonds is 7. The van der Waals surface area contributed by atoms with E-state index in [1.165, 1.54) is 0 Å². The van der Waals surface area contributed by atoms with Crippen LogP contribution < -0.4 is 4.72 Å². The van der Waals surface area contributed by atoms with Crippen molar-refractivity contribution < 1.29 is 8.42 Å². The monoisotopic (exact) mass is 271 g/mol. The Hall–Kier alpha value is 0.390. The normalized spacial score (nSPS) is 14.4. The van der Waals surface area contributed by atoms with Crippen LogP contribution in [0.5, 0.6) is 0 Å². The van der Waals surface area contributed by atoms with Crippen LogP contribution in [-0.4, -0.2) is 25.5 Å². The summed E-state index contributed by atoms with van der Waals surface area (Å²) in [6.45, 7) is 3.85. The van der Waals surface area contributed by atoms with E-state index in [1.54, 1.807) is 0 Å². The molecule has 0 heterocycles. The van der Waals surface area contributed by atoms with E-state index < -0.39 is 10.0 Å². The van der Waals surface area contributed by atoms with E-state index in [-0.39, 0.29) is 11.8 Å². The zero-order chi connectivity index (χ0) is 10.3. The average molecular weight is 272 g/mol. The molecule has 0 aromatic rings. The molecule has 0 aromatic carbocycles. The lowest BCUT2D eigenvalue weighted by molar-refractivity contribution is 0.532. The van der Waals surface area contributed by atoms with E-state index in [0.717, 1.165) is 18.2 Å². The predicted octanol–water partition coefficient (Wildman–Crippen LogP) is 1.88. The molecular weight excluding hydrogens is 254 g/mol. The second-order valence-electron chi connectivity index (χ2n) is 3.02. The van der Waals surface area contributed by atoms with Crippen LogP contribution in [0.1, 0.15) is 33.1 Å². The highest BCUT2D eigenvalue weighted by Crippen LogP contribution is 2.03. The van der Waals surface area contributed by atoms with Crippen molar-refractivity contribution in [1.29, 1.82) is 0 Å². The first kappa shape index (κ1) is 13.4. The van der Waals surface area contributed by atoms with Gasteiger partial charge in [-0.2, -0.15) is 0 Å². The smallest absolute Gasteiger partial charge is 0.211 e. The van der Waals surface area contributed by atoms with E-state index in [1.807, 2.05) is 13.8 Å². The summed E-state index contributed by atoms with van der Waals surface area (Å²) >= 11 is 3.30. The fourth-order valence-corrected chi connectivity index (χ4v) is 3.06. The minimum atomic E-state index is -3.04. The van der Waals surface area contributed by atoms with Gasteiger partial charge in [0, 0.05) is 11.4 Å². The van der Waals surface area contributed by atoms with E-state index >= 15 is 0 Å². The maximum Gasteiger partial charge on any atom is 0.211 e. The lowest BCUT2D eigenvalue weighted by atomic mass is 10.2. The molecule has 0 amide bonds. The van der Waals surface area contributed by atoms with Gasteiger partial charge in [-0.3, -0.25) is 0 Å². The molecule has 80 valence electrons. The first-order valence-corrected chi connectivity index (χ1v) is 7.39. The van der Waals surface area contributed by atoms with E-state index in [0.29, 0.717) is 6.42 Å². The molecule has 0 saturated carbocycles. The molecule has 0 saturated heterocycles. The zero-order valence-corrected chi connectivity index (χ0v) is 10.6. The van der Waals surface area contributed by atoms with Crippen molar-refractivity contribution in [3.8, 4) is 0 Å². The minimum Gasteiger partial charge on any atom is -0.212 e. The molecule has 0 aliphatic carbocycles. The molecule has 0 fully saturated rings. The highest BCUT2D eigenvalue weighted by molar-refractivity contribution is 9.09. The van der Waals surface area contributed by atoms with E-state index in [4.69, 9.17) is 0 Å². The van der Waals surface area contributed by atoms with Crippen molar-refractivity contribution in [2.75, 3.05) is 11.1 Å². The number of halogens is 1. The highest BCUT2D eigenvalue weighted by Gasteiger charge is 2.14. The molecule has 1 unspecified atom stereocenters. The second-order valence-corrected chi connectivity index (χ2v) is 5.69. The van der Waals surface area contributed by atoms with E-state index in [9.17, 15) is 8.42 Å². The van der Waals surface area contributed by atoms with Gasteiger partial charge in [0.1, 0.15) is 0 Å². The van der Waals surface area contributed by atoms with Gasteiger partial charge in [0.15, 0.2) is 0 Å². The Morgan fingerprint density at radius 2 is 2.00 bits per heavy atom. The standard InChI is InChI=1S/C8H18BrNO2S/c1-3-7-13(11,12)10-8(4-2)5-6-9/h8,10H,3-7H2,1-2H3. The van der Waals surface area contributed by atoms with Gasteiger partial charge < -0.3 is 0 Å². The quantitative estimate of drug-likeness (QED) is 0.719. The molecule has 0 radical (unpaired) electrons. The van der Waals surface area contributed by atoms with Crippen molar-refractivity contribution >= 4 is 26.0 Å². The molecule has 0 aromatic heterocycles. The summed E-state index contributed by atoms with van der Waals surface area (Å²) in [6, 6.07) is 0.0796. The summed E-state index contributed by atoms with van der Waals surface area (Å²) in [6.07, 6.45) is 2.36. The number of hydrogen-bond donors (Lipinski definition) is 1. The Morgan fingerprint density at radius 1 is 1.38 bits per heavy atom. The molecule has 0 bridgehead atoms. The Bertz CT molecular complexity index is 216. The van der Waals surface area contributed by atoms with Crippen molar-refractivity contribution in [2.24, 2.45) is 0 Å².